The zero-order valence-corrected chi connectivity index (χ0v) is 11.7. The number of amides is 2. The van der Waals surface area contributed by atoms with Crippen molar-refractivity contribution in [2.24, 2.45) is 0 Å². The van der Waals surface area contributed by atoms with Crippen molar-refractivity contribution in [2.45, 2.75) is 25.9 Å². The third-order valence-corrected chi connectivity index (χ3v) is 3.37. The van der Waals surface area contributed by atoms with Gasteiger partial charge in [-0.25, -0.2) is 9.67 Å². The third-order valence-electron chi connectivity index (χ3n) is 3.37. The lowest BCUT2D eigenvalue weighted by atomic mass is 10.1. The lowest BCUT2D eigenvalue weighted by Gasteiger charge is -2.36. The van der Waals surface area contributed by atoms with E-state index in [0.29, 0.717) is 26.2 Å². The van der Waals surface area contributed by atoms with E-state index in [-0.39, 0.29) is 11.8 Å². The first-order valence-electron chi connectivity index (χ1n) is 6.78. The highest BCUT2D eigenvalue weighted by molar-refractivity contribution is 5.89. The van der Waals surface area contributed by atoms with Gasteiger partial charge in [0.2, 0.25) is 11.8 Å². The standard InChI is InChI=1S/C12H20N6O2/c1-3-15-11(19)10-6-13-4-5-17(10)12(20)9(2)18-8-14-7-16-18/h7-10,13H,3-6H2,1-2H3,(H,15,19). The molecule has 1 aromatic rings. The minimum atomic E-state index is -0.470. The second-order valence-electron chi connectivity index (χ2n) is 4.70. The van der Waals surface area contributed by atoms with Crippen molar-refractivity contribution >= 4 is 11.8 Å². The van der Waals surface area contributed by atoms with Crippen molar-refractivity contribution in [1.82, 2.24) is 30.3 Å². The van der Waals surface area contributed by atoms with Crippen LogP contribution in [0.15, 0.2) is 12.7 Å². The zero-order valence-electron chi connectivity index (χ0n) is 11.7. The van der Waals surface area contributed by atoms with E-state index in [1.54, 1.807) is 11.8 Å². The molecule has 2 unspecified atom stereocenters. The van der Waals surface area contributed by atoms with Gasteiger partial charge in [-0.1, -0.05) is 0 Å². The number of piperazine rings is 1. The lowest BCUT2D eigenvalue weighted by molar-refractivity contribution is -0.144. The number of carbonyl (C=O) groups is 2. The summed E-state index contributed by atoms with van der Waals surface area (Å²) in [4.78, 5) is 30.1. The van der Waals surface area contributed by atoms with Gasteiger partial charge >= 0.3 is 0 Å². The van der Waals surface area contributed by atoms with Crippen LogP contribution >= 0.6 is 0 Å². The van der Waals surface area contributed by atoms with Gasteiger partial charge in [0.15, 0.2) is 0 Å². The van der Waals surface area contributed by atoms with Gasteiger partial charge in [0.05, 0.1) is 0 Å². The van der Waals surface area contributed by atoms with Crippen LogP contribution < -0.4 is 10.6 Å². The molecule has 0 aliphatic carbocycles. The van der Waals surface area contributed by atoms with E-state index < -0.39 is 12.1 Å². The summed E-state index contributed by atoms with van der Waals surface area (Å²) in [5.41, 5.74) is 0. The molecule has 2 amide bonds. The molecule has 1 aliphatic rings. The Morgan fingerprint density at radius 3 is 3.00 bits per heavy atom. The molecule has 2 N–H and O–H groups in total. The monoisotopic (exact) mass is 280 g/mol. The summed E-state index contributed by atoms with van der Waals surface area (Å²) in [5.74, 6) is -0.243. The summed E-state index contributed by atoms with van der Waals surface area (Å²) in [5, 5.41) is 9.89. The van der Waals surface area contributed by atoms with Gasteiger partial charge in [0, 0.05) is 26.2 Å². The second-order valence-corrected chi connectivity index (χ2v) is 4.70. The van der Waals surface area contributed by atoms with Crippen molar-refractivity contribution in [2.75, 3.05) is 26.2 Å². The van der Waals surface area contributed by atoms with Crippen LogP contribution in [-0.2, 0) is 9.59 Å². The average Bonchev–Trinajstić information content (AvgIpc) is 3.00. The summed E-state index contributed by atoms with van der Waals surface area (Å²) >= 11 is 0. The molecular formula is C12H20N6O2. The van der Waals surface area contributed by atoms with Gasteiger partial charge in [-0.2, -0.15) is 5.10 Å². The van der Waals surface area contributed by atoms with Crippen LogP contribution in [-0.4, -0.2) is 63.7 Å². The molecule has 0 spiro atoms. The van der Waals surface area contributed by atoms with Crippen molar-refractivity contribution in [3.63, 3.8) is 0 Å². The predicted molar refractivity (Wildman–Crippen MR) is 71.8 cm³/mol. The largest absolute Gasteiger partial charge is 0.355 e. The molecule has 20 heavy (non-hydrogen) atoms. The fourth-order valence-electron chi connectivity index (χ4n) is 2.26. The molecule has 2 atom stereocenters. The third kappa shape index (κ3) is 2.96. The van der Waals surface area contributed by atoms with Crippen LogP contribution in [0.25, 0.3) is 0 Å². The maximum Gasteiger partial charge on any atom is 0.247 e. The number of hydrogen-bond acceptors (Lipinski definition) is 5. The summed E-state index contributed by atoms with van der Waals surface area (Å²) < 4.78 is 1.50. The number of carbonyl (C=O) groups excluding carboxylic acids is 2. The van der Waals surface area contributed by atoms with E-state index in [2.05, 4.69) is 20.7 Å². The van der Waals surface area contributed by atoms with E-state index in [4.69, 9.17) is 0 Å². The molecule has 1 aromatic heterocycles. The Morgan fingerprint density at radius 1 is 1.55 bits per heavy atom. The van der Waals surface area contributed by atoms with Crippen LogP contribution in [0.4, 0.5) is 0 Å². The fourth-order valence-corrected chi connectivity index (χ4v) is 2.26. The van der Waals surface area contributed by atoms with E-state index in [9.17, 15) is 9.59 Å². The van der Waals surface area contributed by atoms with Gasteiger partial charge in [-0.3, -0.25) is 9.59 Å². The number of hydrogen-bond donors (Lipinski definition) is 2. The van der Waals surface area contributed by atoms with Crippen molar-refractivity contribution < 1.29 is 9.59 Å². The Bertz CT molecular complexity index is 461. The quantitative estimate of drug-likeness (QED) is 0.721. The SMILES string of the molecule is CCNC(=O)C1CNCCN1C(=O)C(C)n1cncn1. The second kappa shape index (κ2) is 6.47. The van der Waals surface area contributed by atoms with E-state index in [1.165, 1.54) is 17.3 Å². The molecule has 110 valence electrons. The number of aromatic nitrogens is 3. The Labute approximate surface area is 117 Å². The highest BCUT2D eigenvalue weighted by atomic mass is 16.2. The molecule has 8 heteroatoms. The Morgan fingerprint density at radius 2 is 2.35 bits per heavy atom. The topological polar surface area (TPSA) is 92.2 Å². The van der Waals surface area contributed by atoms with Crippen LogP contribution in [0, 0.1) is 0 Å². The molecule has 0 radical (unpaired) electrons. The molecule has 8 nitrogen and oxygen atoms in total. The van der Waals surface area contributed by atoms with Crippen LogP contribution in [0.3, 0.4) is 0 Å². The number of likely N-dealkylation sites (N-methyl/N-ethyl adjacent to an activating group) is 1. The molecular weight excluding hydrogens is 260 g/mol. The van der Waals surface area contributed by atoms with Gasteiger partial charge in [-0.05, 0) is 13.8 Å². The minimum Gasteiger partial charge on any atom is -0.355 e. The summed E-state index contributed by atoms with van der Waals surface area (Å²) in [6.07, 6.45) is 2.90. The van der Waals surface area contributed by atoms with Crippen molar-refractivity contribution in [3.8, 4) is 0 Å². The minimum absolute atomic E-state index is 0.117. The first-order valence-corrected chi connectivity index (χ1v) is 6.78. The van der Waals surface area contributed by atoms with E-state index in [1.807, 2.05) is 6.92 Å². The first-order chi connectivity index (χ1) is 9.65. The average molecular weight is 280 g/mol. The highest BCUT2D eigenvalue weighted by Crippen LogP contribution is 2.13. The number of rotatable bonds is 4. The molecule has 2 rings (SSSR count). The smallest absolute Gasteiger partial charge is 0.247 e. The van der Waals surface area contributed by atoms with Crippen LogP contribution in [0.5, 0.6) is 0 Å². The molecule has 0 saturated carbocycles. The molecule has 0 aromatic carbocycles. The van der Waals surface area contributed by atoms with Gasteiger partial charge in [0.1, 0.15) is 24.7 Å². The fraction of sp³-hybridized carbons (Fsp3) is 0.667. The zero-order chi connectivity index (χ0) is 14.5. The van der Waals surface area contributed by atoms with Crippen molar-refractivity contribution in [3.05, 3.63) is 12.7 Å². The first kappa shape index (κ1) is 14.4. The summed E-state index contributed by atoms with van der Waals surface area (Å²) in [7, 11) is 0. The predicted octanol–water partition coefficient (Wildman–Crippen LogP) is -1.22. The normalized spacial score (nSPS) is 20.5. The molecule has 2 heterocycles. The lowest BCUT2D eigenvalue weighted by Crippen LogP contribution is -2.60. The maximum atomic E-state index is 12.5. The highest BCUT2D eigenvalue weighted by Gasteiger charge is 2.34. The molecule has 0 bridgehead atoms. The summed E-state index contributed by atoms with van der Waals surface area (Å²) in [6.45, 7) is 5.84. The van der Waals surface area contributed by atoms with E-state index >= 15 is 0 Å². The van der Waals surface area contributed by atoms with E-state index in [0.717, 1.165) is 0 Å². The van der Waals surface area contributed by atoms with Crippen LogP contribution in [0.2, 0.25) is 0 Å². The Hall–Kier alpha value is -1.96. The van der Waals surface area contributed by atoms with Crippen molar-refractivity contribution in [1.29, 1.82) is 0 Å². The van der Waals surface area contributed by atoms with Crippen LogP contribution in [0.1, 0.15) is 19.9 Å². The molecule has 1 saturated heterocycles. The Kier molecular flexibility index (Phi) is 4.67. The molecule has 1 fully saturated rings. The summed E-state index contributed by atoms with van der Waals surface area (Å²) in [6, 6.07) is -0.935. The number of nitrogens with zero attached hydrogens (tertiary/aromatic N) is 4. The van der Waals surface area contributed by atoms with Gasteiger partial charge in [-0.15, -0.1) is 0 Å². The number of nitrogens with one attached hydrogen (secondary N) is 2. The van der Waals surface area contributed by atoms with Gasteiger partial charge < -0.3 is 15.5 Å². The molecule has 1 aliphatic heterocycles. The maximum absolute atomic E-state index is 12.5. The Balaban J connectivity index is 2.11. The van der Waals surface area contributed by atoms with Gasteiger partial charge in [0.25, 0.3) is 0 Å².